The highest BCUT2D eigenvalue weighted by Crippen LogP contribution is 2.24. The van der Waals surface area contributed by atoms with Gasteiger partial charge < -0.3 is 19.5 Å². The predicted molar refractivity (Wildman–Crippen MR) is 166 cm³/mol. The molecule has 1 fully saturated rings. The molecule has 12 nitrogen and oxygen atoms in total. The number of imidazole rings is 1. The van der Waals surface area contributed by atoms with Crippen molar-refractivity contribution in [2.75, 3.05) is 18.0 Å². The summed E-state index contributed by atoms with van der Waals surface area (Å²) in [5.41, 5.74) is -0.127. The average Bonchev–Trinajstić information content (AvgIpc) is 3.34. The quantitative estimate of drug-likeness (QED) is 0.355. The number of aryl methyl sites for hydroxylation is 2. The van der Waals surface area contributed by atoms with Crippen LogP contribution < -0.4 is 27.0 Å². The number of benzene rings is 1. The van der Waals surface area contributed by atoms with Crippen molar-refractivity contribution < 1.29 is 9.53 Å². The second kappa shape index (κ2) is 11.5. The number of rotatable bonds is 5. The van der Waals surface area contributed by atoms with Gasteiger partial charge in [-0.05, 0) is 52.2 Å². The van der Waals surface area contributed by atoms with Crippen LogP contribution in [0.4, 0.5) is 10.7 Å². The zero-order valence-electron chi connectivity index (χ0n) is 25.4. The fraction of sp³-hybridized carbons (Fsp3) is 0.452. The smallest absolute Gasteiger partial charge is 0.407 e. The molecular formula is C31H37N7O5. The highest BCUT2D eigenvalue weighted by Gasteiger charge is 2.29. The normalized spacial score (nSPS) is 15.4. The molecule has 1 atom stereocenters. The first-order valence-corrected chi connectivity index (χ1v) is 14.3. The number of hydrogen-bond donors (Lipinski definition) is 1. The minimum absolute atomic E-state index is 0.0798. The predicted octanol–water partition coefficient (Wildman–Crippen LogP) is 2.31. The topological polar surface area (TPSA) is 125 Å². The number of anilines is 1. The summed E-state index contributed by atoms with van der Waals surface area (Å²) in [7, 11) is 3.27. The Kier molecular flexibility index (Phi) is 7.92. The maximum absolute atomic E-state index is 14.1. The maximum Gasteiger partial charge on any atom is 0.407 e. The van der Waals surface area contributed by atoms with Gasteiger partial charge in [0.2, 0.25) is 5.95 Å². The SMILES string of the molecule is CC#CCn1c(N2CCCC(NC(=O)OC(C)(C)C)C2)nc2c1c(=O)n(Cc1cc(=O)n(C)c3ccccc13)c(=O)n2C. The average molecular weight is 588 g/mol. The van der Waals surface area contributed by atoms with Crippen LogP contribution in [-0.2, 0) is 31.9 Å². The van der Waals surface area contributed by atoms with Crippen LogP contribution in [0.15, 0.2) is 44.7 Å². The van der Waals surface area contributed by atoms with Crippen molar-refractivity contribution in [3.63, 3.8) is 0 Å². The van der Waals surface area contributed by atoms with Crippen LogP contribution >= 0.6 is 0 Å². The molecule has 5 rings (SSSR count). The van der Waals surface area contributed by atoms with Crippen LogP contribution in [0.2, 0.25) is 0 Å². The van der Waals surface area contributed by atoms with E-state index in [0.717, 1.165) is 22.8 Å². The molecule has 0 saturated carbocycles. The number of carbonyl (C=O) groups is 1. The number of hydrogen-bond acceptors (Lipinski definition) is 7. The lowest BCUT2D eigenvalue weighted by Gasteiger charge is -2.34. The van der Waals surface area contributed by atoms with Gasteiger partial charge in [-0.2, -0.15) is 4.98 Å². The number of alkyl carbamates (subject to hydrolysis) is 1. The first-order valence-electron chi connectivity index (χ1n) is 14.3. The Balaban J connectivity index is 1.59. The molecule has 12 heteroatoms. The van der Waals surface area contributed by atoms with E-state index in [-0.39, 0.29) is 35.9 Å². The van der Waals surface area contributed by atoms with E-state index >= 15 is 0 Å². The minimum Gasteiger partial charge on any atom is -0.444 e. The lowest BCUT2D eigenvalue weighted by molar-refractivity contribution is 0.0499. The van der Waals surface area contributed by atoms with E-state index in [4.69, 9.17) is 9.72 Å². The van der Waals surface area contributed by atoms with Crippen LogP contribution in [-0.4, -0.2) is 54.1 Å². The van der Waals surface area contributed by atoms with Crippen LogP contribution in [0.3, 0.4) is 0 Å². The largest absolute Gasteiger partial charge is 0.444 e. The van der Waals surface area contributed by atoms with Gasteiger partial charge in [-0.15, -0.1) is 5.92 Å². The number of pyridine rings is 1. The molecule has 3 aromatic heterocycles. The molecule has 1 aliphatic rings. The van der Waals surface area contributed by atoms with E-state index in [0.29, 0.717) is 30.1 Å². The summed E-state index contributed by atoms with van der Waals surface area (Å²) >= 11 is 0. The lowest BCUT2D eigenvalue weighted by atomic mass is 10.1. The molecular weight excluding hydrogens is 550 g/mol. The van der Waals surface area contributed by atoms with Crippen LogP contribution in [0.5, 0.6) is 0 Å². The Bertz CT molecular complexity index is 1960. The van der Waals surface area contributed by atoms with Gasteiger partial charge in [0.05, 0.1) is 18.6 Å². The Morgan fingerprint density at radius 1 is 1.12 bits per heavy atom. The number of para-hydroxylation sites is 1. The van der Waals surface area contributed by atoms with Gasteiger partial charge in [-0.25, -0.2) is 9.59 Å². The van der Waals surface area contributed by atoms with Crippen molar-refractivity contribution in [1.82, 2.24) is 28.6 Å². The minimum atomic E-state index is -0.616. The summed E-state index contributed by atoms with van der Waals surface area (Å²) in [6.07, 6.45) is 1.06. The molecule has 0 radical (unpaired) electrons. The van der Waals surface area contributed by atoms with Crippen molar-refractivity contribution in [1.29, 1.82) is 0 Å². The van der Waals surface area contributed by atoms with Crippen molar-refractivity contribution in [3.8, 4) is 11.8 Å². The summed E-state index contributed by atoms with van der Waals surface area (Å²) in [5, 5.41) is 3.73. The number of nitrogens with zero attached hydrogens (tertiary/aromatic N) is 6. The molecule has 0 aliphatic carbocycles. The number of fused-ring (bicyclic) bond motifs is 2. The van der Waals surface area contributed by atoms with E-state index in [1.807, 2.05) is 49.9 Å². The standard InChI is InChI=1S/C31H37N7O5/c1-7-8-16-37-25-26(33-28(37)36-15-11-12-21(19-36)32-29(41)43-31(2,3)4)35(6)30(42)38(27(25)40)18-20-17-24(39)34(5)23-14-10-9-13-22(20)23/h9-10,13-14,17,21H,11-12,15-16,18-19H2,1-6H3,(H,32,41). The lowest BCUT2D eigenvalue weighted by Crippen LogP contribution is -2.49. The summed E-state index contributed by atoms with van der Waals surface area (Å²) in [6.45, 7) is 8.36. The van der Waals surface area contributed by atoms with Gasteiger partial charge in [0.1, 0.15) is 5.60 Å². The second-order valence-electron chi connectivity index (χ2n) is 11.8. The molecule has 1 saturated heterocycles. The number of nitrogens with one attached hydrogen (secondary N) is 1. The molecule has 1 aromatic carbocycles. The Morgan fingerprint density at radius 3 is 2.58 bits per heavy atom. The van der Waals surface area contributed by atoms with Crippen molar-refractivity contribution in [3.05, 3.63) is 67.1 Å². The van der Waals surface area contributed by atoms with Gasteiger partial charge >= 0.3 is 11.8 Å². The molecule has 1 amide bonds. The van der Waals surface area contributed by atoms with Gasteiger partial charge in [-0.3, -0.25) is 23.3 Å². The molecule has 226 valence electrons. The highest BCUT2D eigenvalue weighted by atomic mass is 16.6. The molecule has 43 heavy (non-hydrogen) atoms. The zero-order valence-corrected chi connectivity index (χ0v) is 25.4. The molecule has 0 spiro atoms. The third kappa shape index (κ3) is 5.80. The van der Waals surface area contributed by atoms with Crippen LogP contribution in [0, 0.1) is 11.8 Å². The maximum atomic E-state index is 14.1. The van der Waals surface area contributed by atoms with Crippen molar-refractivity contribution >= 4 is 34.1 Å². The van der Waals surface area contributed by atoms with Crippen LogP contribution in [0.1, 0.15) is 46.1 Å². The second-order valence-corrected chi connectivity index (χ2v) is 11.8. The third-order valence-electron chi connectivity index (χ3n) is 7.62. The highest BCUT2D eigenvalue weighted by molar-refractivity contribution is 5.82. The van der Waals surface area contributed by atoms with E-state index in [1.54, 1.807) is 25.6 Å². The first kappa shape index (κ1) is 29.7. The fourth-order valence-electron chi connectivity index (χ4n) is 5.58. The van der Waals surface area contributed by atoms with E-state index in [2.05, 4.69) is 17.2 Å². The molecule has 1 aliphatic heterocycles. The monoisotopic (exact) mass is 587 g/mol. The number of piperidine rings is 1. The number of carbonyl (C=O) groups excluding carboxylic acids is 1. The van der Waals surface area contributed by atoms with E-state index in [1.165, 1.54) is 15.2 Å². The molecule has 4 heterocycles. The number of aromatic nitrogens is 5. The summed E-state index contributed by atoms with van der Waals surface area (Å²) in [5.74, 6) is 6.42. The van der Waals surface area contributed by atoms with Crippen molar-refractivity contribution in [2.24, 2.45) is 14.1 Å². The number of amides is 1. The summed E-state index contributed by atoms with van der Waals surface area (Å²) in [6, 6.07) is 8.67. The summed E-state index contributed by atoms with van der Waals surface area (Å²) < 4.78 is 11.2. The third-order valence-corrected chi connectivity index (χ3v) is 7.62. The van der Waals surface area contributed by atoms with Crippen LogP contribution in [0.25, 0.3) is 22.1 Å². The van der Waals surface area contributed by atoms with E-state index in [9.17, 15) is 19.2 Å². The molecule has 1 unspecified atom stereocenters. The Labute approximate surface area is 248 Å². The Morgan fingerprint density at radius 2 is 1.86 bits per heavy atom. The fourth-order valence-corrected chi connectivity index (χ4v) is 5.58. The van der Waals surface area contributed by atoms with Crippen molar-refractivity contribution in [2.45, 2.75) is 65.3 Å². The Hall–Kier alpha value is -4.79. The zero-order chi connectivity index (χ0) is 31.1. The molecule has 0 bridgehead atoms. The summed E-state index contributed by atoms with van der Waals surface area (Å²) in [4.78, 5) is 59.6. The van der Waals surface area contributed by atoms with Gasteiger partial charge in [0.15, 0.2) is 11.2 Å². The molecule has 4 aromatic rings. The van der Waals surface area contributed by atoms with E-state index < -0.39 is 22.9 Å². The van der Waals surface area contributed by atoms with Gasteiger partial charge in [0, 0.05) is 44.7 Å². The number of ether oxygens (including phenoxy) is 1. The molecule has 1 N–H and O–H groups in total. The van der Waals surface area contributed by atoms with Gasteiger partial charge in [-0.1, -0.05) is 24.1 Å². The first-order chi connectivity index (χ1) is 20.4. The van der Waals surface area contributed by atoms with Gasteiger partial charge in [0.25, 0.3) is 11.1 Å².